The second-order valence-corrected chi connectivity index (χ2v) is 8.86. The summed E-state index contributed by atoms with van der Waals surface area (Å²) >= 11 is 0. The first kappa shape index (κ1) is 34.9. The number of aromatic nitrogens is 1. The lowest BCUT2D eigenvalue weighted by atomic mass is 9.88. The van der Waals surface area contributed by atoms with Gasteiger partial charge >= 0.3 is 30.3 Å². The summed E-state index contributed by atoms with van der Waals surface area (Å²) in [6.07, 6.45) is -10.2. The number of carbonyl (C=O) groups is 5. The highest BCUT2D eigenvalue weighted by molar-refractivity contribution is 6.22. The van der Waals surface area contributed by atoms with Crippen LogP contribution in [0.4, 0.5) is 31.1 Å². The minimum atomic E-state index is -5.08. The lowest BCUT2D eigenvalue weighted by Crippen LogP contribution is -2.71. The number of amides is 4. The van der Waals surface area contributed by atoms with E-state index >= 15 is 0 Å². The van der Waals surface area contributed by atoms with E-state index in [-0.39, 0.29) is 6.42 Å². The number of hydrogen-bond acceptors (Lipinski definition) is 8. The fourth-order valence-electron chi connectivity index (χ4n) is 3.43. The molecule has 2 aromatic carbocycles. The SMILES string of the molecule is Cc1cc(COc2ccc(CC3(N)C(=O)NC(=O)NC3=O)cc2)c2ccccc2n1.O=C(O)C(F)(F)F.O=C(O)C(F)(F)F. The number of halogens is 6. The highest BCUT2D eigenvalue weighted by Gasteiger charge is 2.47. The van der Waals surface area contributed by atoms with E-state index in [4.69, 9.17) is 30.3 Å². The molecule has 0 atom stereocenters. The van der Waals surface area contributed by atoms with Crippen molar-refractivity contribution in [3.8, 4) is 5.75 Å². The molecule has 4 amide bonds. The maximum Gasteiger partial charge on any atom is 0.490 e. The van der Waals surface area contributed by atoms with Gasteiger partial charge in [0.25, 0.3) is 11.8 Å². The standard InChI is InChI=1S/C22H20N4O4.2C2HF3O2/c1-13-10-15(17-4-2-3-5-18(17)24-13)12-30-16-8-6-14(7-9-16)11-22(23)19(27)25-21(29)26-20(22)28;2*3-2(4,5)1(6)7/h2-10H,11-12,23H2,1H3,(H2,25,26,27,28,29);2*(H,6,7). The number of nitrogens with zero attached hydrogens (tertiary/aromatic N) is 1. The molecular formula is C26H22F6N4O8. The van der Waals surface area contributed by atoms with E-state index in [1.807, 2.05) is 47.9 Å². The molecule has 0 aliphatic carbocycles. The first-order valence-electron chi connectivity index (χ1n) is 11.9. The van der Waals surface area contributed by atoms with Gasteiger partial charge in [0.15, 0.2) is 5.54 Å². The van der Waals surface area contributed by atoms with Crippen molar-refractivity contribution in [1.29, 1.82) is 0 Å². The molecule has 3 aromatic rings. The molecule has 2 heterocycles. The number of imide groups is 2. The summed E-state index contributed by atoms with van der Waals surface area (Å²) in [6, 6.07) is 16.0. The molecule has 4 rings (SSSR count). The Hall–Kier alpha value is -5.26. The molecule has 1 fully saturated rings. The number of para-hydroxylation sites is 1. The number of barbiturate groups is 1. The number of nitrogens with two attached hydrogens (primary N) is 1. The van der Waals surface area contributed by atoms with Gasteiger partial charge in [-0.15, -0.1) is 0 Å². The number of urea groups is 1. The predicted octanol–water partition coefficient (Wildman–Crippen LogP) is 2.99. The van der Waals surface area contributed by atoms with Crippen LogP contribution < -0.4 is 21.1 Å². The second kappa shape index (κ2) is 13.8. The van der Waals surface area contributed by atoms with Crippen molar-refractivity contribution in [2.45, 2.75) is 37.8 Å². The highest BCUT2D eigenvalue weighted by atomic mass is 19.4. The number of pyridine rings is 1. The van der Waals surface area contributed by atoms with E-state index in [0.717, 1.165) is 22.2 Å². The third kappa shape index (κ3) is 9.65. The van der Waals surface area contributed by atoms with Gasteiger partial charge in [-0.3, -0.25) is 25.2 Å². The smallest absolute Gasteiger partial charge is 0.489 e. The van der Waals surface area contributed by atoms with Crippen LogP contribution in [0.2, 0.25) is 0 Å². The van der Waals surface area contributed by atoms with Crippen molar-refractivity contribution in [2.24, 2.45) is 5.73 Å². The number of carboxylic acids is 2. The van der Waals surface area contributed by atoms with E-state index < -0.39 is 47.7 Å². The van der Waals surface area contributed by atoms with E-state index in [1.165, 1.54) is 0 Å². The number of aryl methyl sites for hydroxylation is 1. The maximum atomic E-state index is 12.1. The van der Waals surface area contributed by atoms with Crippen LogP contribution in [0.3, 0.4) is 0 Å². The number of ether oxygens (including phenoxy) is 1. The average molecular weight is 632 g/mol. The summed E-state index contributed by atoms with van der Waals surface area (Å²) in [4.78, 5) is 57.6. The lowest BCUT2D eigenvalue weighted by molar-refractivity contribution is -0.193. The third-order valence-electron chi connectivity index (χ3n) is 5.48. The zero-order chi connectivity index (χ0) is 33.5. The Labute approximate surface area is 242 Å². The summed E-state index contributed by atoms with van der Waals surface area (Å²) in [5.74, 6) is -6.52. The van der Waals surface area contributed by atoms with Gasteiger partial charge in [-0.05, 0) is 36.8 Å². The van der Waals surface area contributed by atoms with Gasteiger partial charge in [0.1, 0.15) is 12.4 Å². The van der Waals surface area contributed by atoms with Crippen molar-refractivity contribution in [3.05, 3.63) is 71.4 Å². The van der Waals surface area contributed by atoms with Crippen LogP contribution in [-0.4, -0.2) is 62.9 Å². The van der Waals surface area contributed by atoms with Crippen molar-refractivity contribution in [2.75, 3.05) is 0 Å². The normalized spacial score (nSPS) is 14.2. The summed E-state index contributed by atoms with van der Waals surface area (Å²) in [7, 11) is 0. The van der Waals surface area contributed by atoms with E-state index in [1.54, 1.807) is 24.3 Å². The molecule has 1 aliphatic rings. The Morgan fingerprint density at radius 3 is 1.84 bits per heavy atom. The van der Waals surface area contributed by atoms with Crippen LogP contribution in [0.25, 0.3) is 10.9 Å². The summed E-state index contributed by atoms with van der Waals surface area (Å²) < 4.78 is 69.4. The van der Waals surface area contributed by atoms with Gasteiger partial charge in [0.05, 0.1) is 5.52 Å². The Kier molecular flexibility index (Phi) is 11.0. The topological polar surface area (TPSA) is 198 Å². The molecule has 0 saturated carbocycles. The Bertz CT molecular complexity index is 1510. The Morgan fingerprint density at radius 1 is 0.886 bits per heavy atom. The number of carboxylic acid groups (broad SMARTS) is 2. The monoisotopic (exact) mass is 632 g/mol. The molecule has 0 radical (unpaired) electrons. The molecule has 12 nitrogen and oxygen atoms in total. The largest absolute Gasteiger partial charge is 0.490 e. The molecular weight excluding hydrogens is 610 g/mol. The van der Waals surface area contributed by atoms with E-state index in [2.05, 4.69) is 4.98 Å². The third-order valence-corrected chi connectivity index (χ3v) is 5.48. The first-order chi connectivity index (χ1) is 20.2. The van der Waals surface area contributed by atoms with Crippen molar-refractivity contribution >= 4 is 40.7 Å². The number of carbonyl (C=O) groups excluding carboxylic acids is 3. The Morgan fingerprint density at radius 2 is 1.36 bits per heavy atom. The zero-order valence-corrected chi connectivity index (χ0v) is 22.2. The second-order valence-electron chi connectivity index (χ2n) is 8.86. The molecule has 0 unspecified atom stereocenters. The van der Waals surface area contributed by atoms with Crippen molar-refractivity contribution in [1.82, 2.24) is 15.6 Å². The predicted molar refractivity (Wildman–Crippen MR) is 137 cm³/mol. The molecule has 1 saturated heterocycles. The van der Waals surface area contributed by atoms with Crippen molar-refractivity contribution in [3.63, 3.8) is 0 Å². The number of alkyl halides is 6. The molecule has 44 heavy (non-hydrogen) atoms. The summed E-state index contributed by atoms with van der Waals surface area (Å²) in [5, 5.41) is 19.3. The summed E-state index contributed by atoms with van der Waals surface area (Å²) in [6.45, 7) is 2.31. The van der Waals surface area contributed by atoms with Crippen LogP contribution in [0.5, 0.6) is 5.75 Å². The summed E-state index contributed by atoms with van der Waals surface area (Å²) in [5.41, 5.74) is 7.65. The first-order valence-corrected chi connectivity index (χ1v) is 11.9. The maximum absolute atomic E-state index is 12.1. The number of rotatable bonds is 5. The number of benzene rings is 2. The van der Waals surface area contributed by atoms with Gasteiger partial charge in [-0.1, -0.05) is 30.3 Å². The molecule has 0 spiro atoms. The van der Waals surface area contributed by atoms with Crippen LogP contribution in [0, 0.1) is 6.92 Å². The fourth-order valence-corrected chi connectivity index (χ4v) is 3.43. The van der Waals surface area contributed by atoms with E-state index in [0.29, 0.717) is 17.9 Å². The van der Waals surface area contributed by atoms with Crippen molar-refractivity contribution < 1.29 is 65.3 Å². The van der Waals surface area contributed by atoms with Gasteiger partial charge in [0.2, 0.25) is 0 Å². The molecule has 236 valence electrons. The number of fused-ring (bicyclic) bond motifs is 1. The zero-order valence-electron chi connectivity index (χ0n) is 22.2. The van der Waals surface area contributed by atoms with Gasteiger partial charge in [-0.25, -0.2) is 14.4 Å². The molecule has 1 aliphatic heterocycles. The minimum Gasteiger partial charge on any atom is -0.489 e. The van der Waals surface area contributed by atoms with Crippen LogP contribution in [0.1, 0.15) is 16.8 Å². The van der Waals surface area contributed by atoms with Crippen LogP contribution in [-0.2, 0) is 32.2 Å². The van der Waals surface area contributed by atoms with Gasteiger partial charge in [-0.2, -0.15) is 26.3 Å². The van der Waals surface area contributed by atoms with Gasteiger partial charge in [0, 0.05) is 23.1 Å². The highest BCUT2D eigenvalue weighted by Crippen LogP contribution is 2.22. The number of hydrogen-bond donors (Lipinski definition) is 5. The van der Waals surface area contributed by atoms with Crippen LogP contribution >= 0.6 is 0 Å². The minimum absolute atomic E-state index is 0.0492. The van der Waals surface area contributed by atoms with Crippen LogP contribution in [0.15, 0.2) is 54.6 Å². The molecule has 18 heteroatoms. The van der Waals surface area contributed by atoms with E-state index in [9.17, 15) is 40.7 Å². The van der Waals surface area contributed by atoms with Gasteiger partial charge < -0.3 is 20.7 Å². The average Bonchev–Trinajstić information content (AvgIpc) is 2.91. The molecule has 6 N–H and O–H groups in total. The quantitative estimate of drug-likeness (QED) is 0.206. The molecule has 0 bridgehead atoms. The Balaban J connectivity index is 0.000000402. The lowest BCUT2D eigenvalue weighted by Gasteiger charge is -2.30. The number of aliphatic carboxylic acids is 2. The molecule has 1 aromatic heterocycles. The number of nitrogens with one attached hydrogen (secondary N) is 2. The fraction of sp³-hybridized carbons (Fsp3) is 0.231.